The molecule has 1 aromatic rings. The number of aldehydes is 1. The van der Waals surface area contributed by atoms with Crippen LogP contribution >= 0.6 is 11.6 Å². The highest BCUT2D eigenvalue weighted by Gasteiger charge is 2.24. The third-order valence-electron chi connectivity index (χ3n) is 3.15. The van der Waals surface area contributed by atoms with Crippen LogP contribution in [-0.2, 0) is 4.74 Å². The normalized spacial score (nSPS) is 19.6. The van der Waals surface area contributed by atoms with Gasteiger partial charge in [-0.05, 0) is 24.6 Å². The molecule has 0 spiro atoms. The van der Waals surface area contributed by atoms with Crippen LogP contribution in [0.25, 0.3) is 0 Å². The van der Waals surface area contributed by atoms with Gasteiger partial charge in [-0.1, -0.05) is 11.6 Å². The van der Waals surface area contributed by atoms with Gasteiger partial charge in [0.25, 0.3) is 0 Å². The van der Waals surface area contributed by atoms with E-state index in [1.165, 1.54) is 0 Å². The molecule has 92 valence electrons. The summed E-state index contributed by atoms with van der Waals surface area (Å²) >= 11 is 5.98. The van der Waals surface area contributed by atoms with Crippen LogP contribution in [0.2, 0.25) is 5.02 Å². The molecule has 1 aromatic carbocycles. The molecular formula is C13H16ClNO2. The molecule has 1 unspecified atom stereocenters. The SMILES string of the molecule is COCC1CCN(c2cc(Cl)ccc2C=O)C1. The molecule has 3 nitrogen and oxygen atoms in total. The summed E-state index contributed by atoms with van der Waals surface area (Å²) in [6.45, 7) is 2.65. The highest BCUT2D eigenvalue weighted by molar-refractivity contribution is 6.31. The lowest BCUT2D eigenvalue weighted by atomic mass is 10.1. The second-order valence-corrected chi connectivity index (χ2v) is 4.81. The lowest BCUT2D eigenvalue weighted by molar-refractivity contribution is 0.112. The summed E-state index contributed by atoms with van der Waals surface area (Å²) < 4.78 is 5.17. The summed E-state index contributed by atoms with van der Waals surface area (Å²) in [4.78, 5) is 13.2. The average molecular weight is 254 g/mol. The summed E-state index contributed by atoms with van der Waals surface area (Å²) in [5.41, 5.74) is 1.64. The van der Waals surface area contributed by atoms with E-state index in [0.29, 0.717) is 16.5 Å². The van der Waals surface area contributed by atoms with Crippen LogP contribution in [0, 0.1) is 5.92 Å². The maximum Gasteiger partial charge on any atom is 0.152 e. The molecule has 1 aliphatic heterocycles. The number of anilines is 1. The number of carbonyl (C=O) groups excluding carboxylic acids is 1. The van der Waals surface area contributed by atoms with E-state index in [1.54, 1.807) is 19.2 Å². The fourth-order valence-electron chi connectivity index (χ4n) is 2.31. The van der Waals surface area contributed by atoms with Crippen molar-refractivity contribution in [2.24, 2.45) is 5.92 Å². The summed E-state index contributed by atoms with van der Waals surface area (Å²) in [5, 5.41) is 0.667. The van der Waals surface area contributed by atoms with Crippen LogP contribution in [0.4, 0.5) is 5.69 Å². The van der Waals surface area contributed by atoms with E-state index in [9.17, 15) is 4.79 Å². The Morgan fingerprint density at radius 2 is 2.41 bits per heavy atom. The van der Waals surface area contributed by atoms with Gasteiger partial charge >= 0.3 is 0 Å². The molecule has 1 atom stereocenters. The summed E-state index contributed by atoms with van der Waals surface area (Å²) in [5.74, 6) is 0.540. The molecule has 0 aromatic heterocycles. The second-order valence-electron chi connectivity index (χ2n) is 4.38. The third-order valence-corrected chi connectivity index (χ3v) is 3.38. The Hall–Kier alpha value is -1.06. The highest BCUT2D eigenvalue weighted by atomic mass is 35.5. The fraction of sp³-hybridized carbons (Fsp3) is 0.462. The van der Waals surface area contributed by atoms with Crippen molar-refractivity contribution in [2.75, 3.05) is 31.7 Å². The quantitative estimate of drug-likeness (QED) is 0.773. The molecule has 17 heavy (non-hydrogen) atoms. The van der Waals surface area contributed by atoms with E-state index in [2.05, 4.69) is 4.90 Å². The third kappa shape index (κ3) is 2.79. The molecule has 0 aliphatic carbocycles. The van der Waals surface area contributed by atoms with Crippen molar-refractivity contribution in [3.63, 3.8) is 0 Å². The van der Waals surface area contributed by atoms with Gasteiger partial charge in [-0.25, -0.2) is 0 Å². The van der Waals surface area contributed by atoms with Gasteiger partial charge in [-0.15, -0.1) is 0 Å². The molecule has 0 radical (unpaired) electrons. The summed E-state index contributed by atoms with van der Waals surface area (Å²) in [6.07, 6.45) is 1.98. The van der Waals surface area contributed by atoms with E-state index in [1.807, 2.05) is 6.07 Å². The Balaban J connectivity index is 2.17. The lowest BCUT2D eigenvalue weighted by Crippen LogP contribution is -2.22. The van der Waals surface area contributed by atoms with E-state index >= 15 is 0 Å². The molecule has 0 bridgehead atoms. The second kappa shape index (κ2) is 5.52. The first-order valence-electron chi connectivity index (χ1n) is 5.73. The average Bonchev–Trinajstić information content (AvgIpc) is 2.78. The zero-order chi connectivity index (χ0) is 12.3. The van der Waals surface area contributed by atoms with Crippen molar-refractivity contribution in [3.8, 4) is 0 Å². The van der Waals surface area contributed by atoms with Crippen molar-refractivity contribution >= 4 is 23.6 Å². The Morgan fingerprint density at radius 1 is 1.59 bits per heavy atom. The number of ether oxygens (including phenoxy) is 1. The molecule has 4 heteroatoms. The highest BCUT2D eigenvalue weighted by Crippen LogP contribution is 2.29. The van der Waals surface area contributed by atoms with Crippen molar-refractivity contribution in [1.82, 2.24) is 0 Å². The molecule has 0 amide bonds. The predicted octanol–water partition coefficient (Wildman–Crippen LogP) is 2.63. The maximum absolute atomic E-state index is 11.0. The zero-order valence-corrected chi connectivity index (χ0v) is 10.6. The Kier molecular flexibility index (Phi) is 4.02. The van der Waals surface area contributed by atoms with Gasteiger partial charge in [0.1, 0.15) is 0 Å². The first kappa shape index (κ1) is 12.4. The Morgan fingerprint density at radius 3 is 3.12 bits per heavy atom. The molecule has 2 rings (SSSR count). The molecule has 1 fully saturated rings. The number of hydrogen-bond acceptors (Lipinski definition) is 3. The zero-order valence-electron chi connectivity index (χ0n) is 9.86. The van der Waals surface area contributed by atoms with Gasteiger partial charge in [0.2, 0.25) is 0 Å². The Bertz CT molecular complexity index is 408. The van der Waals surface area contributed by atoms with Gasteiger partial charge in [0.05, 0.1) is 6.61 Å². The number of rotatable bonds is 4. The van der Waals surface area contributed by atoms with Crippen LogP contribution < -0.4 is 4.90 Å². The number of halogens is 1. The van der Waals surface area contributed by atoms with E-state index in [-0.39, 0.29) is 0 Å². The van der Waals surface area contributed by atoms with Crippen molar-refractivity contribution < 1.29 is 9.53 Å². The largest absolute Gasteiger partial charge is 0.384 e. The monoisotopic (exact) mass is 253 g/mol. The smallest absolute Gasteiger partial charge is 0.152 e. The van der Waals surface area contributed by atoms with Crippen LogP contribution in [-0.4, -0.2) is 33.1 Å². The predicted molar refractivity (Wildman–Crippen MR) is 69.0 cm³/mol. The fourth-order valence-corrected chi connectivity index (χ4v) is 2.48. The van der Waals surface area contributed by atoms with E-state index in [0.717, 1.165) is 38.1 Å². The number of hydrogen-bond donors (Lipinski definition) is 0. The standard InChI is InChI=1S/C13H16ClNO2/c1-17-9-10-4-5-15(7-10)13-6-12(14)3-2-11(13)8-16/h2-3,6,8,10H,4-5,7,9H2,1H3. The molecule has 1 heterocycles. The maximum atomic E-state index is 11.0. The van der Waals surface area contributed by atoms with Gasteiger partial charge in [0, 0.05) is 42.4 Å². The van der Waals surface area contributed by atoms with Crippen LogP contribution in [0.5, 0.6) is 0 Å². The van der Waals surface area contributed by atoms with Crippen molar-refractivity contribution in [1.29, 1.82) is 0 Å². The van der Waals surface area contributed by atoms with Gasteiger partial charge in [0.15, 0.2) is 6.29 Å². The van der Waals surface area contributed by atoms with Crippen molar-refractivity contribution in [3.05, 3.63) is 28.8 Å². The van der Waals surface area contributed by atoms with Gasteiger partial charge in [-0.2, -0.15) is 0 Å². The van der Waals surface area contributed by atoms with Crippen LogP contribution in [0.3, 0.4) is 0 Å². The molecule has 0 saturated carbocycles. The molecule has 0 N–H and O–H groups in total. The molecular weight excluding hydrogens is 238 g/mol. The van der Waals surface area contributed by atoms with E-state index < -0.39 is 0 Å². The minimum absolute atomic E-state index is 0.540. The minimum atomic E-state index is 0.540. The first-order chi connectivity index (χ1) is 8.24. The number of carbonyl (C=O) groups is 1. The van der Waals surface area contributed by atoms with Crippen LogP contribution in [0.15, 0.2) is 18.2 Å². The number of methoxy groups -OCH3 is 1. The number of benzene rings is 1. The minimum Gasteiger partial charge on any atom is -0.384 e. The Labute approximate surface area is 106 Å². The van der Waals surface area contributed by atoms with Gasteiger partial charge < -0.3 is 9.64 Å². The topological polar surface area (TPSA) is 29.5 Å². The van der Waals surface area contributed by atoms with Gasteiger partial charge in [-0.3, -0.25) is 4.79 Å². The molecule has 1 saturated heterocycles. The summed E-state index contributed by atoms with van der Waals surface area (Å²) in [6, 6.07) is 5.38. The number of nitrogens with zero attached hydrogens (tertiary/aromatic N) is 1. The molecule has 1 aliphatic rings. The summed E-state index contributed by atoms with van der Waals surface area (Å²) in [7, 11) is 1.72. The van der Waals surface area contributed by atoms with E-state index in [4.69, 9.17) is 16.3 Å². The lowest BCUT2D eigenvalue weighted by Gasteiger charge is -2.20. The van der Waals surface area contributed by atoms with Crippen molar-refractivity contribution in [2.45, 2.75) is 6.42 Å². The van der Waals surface area contributed by atoms with Crippen LogP contribution in [0.1, 0.15) is 16.8 Å². The first-order valence-corrected chi connectivity index (χ1v) is 6.11.